The number of carbonyl (C=O) groups excluding carboxylic acids is 1. The van der Waals surface area contributed by atoms with Crippen molar-refractivity contribution in [2.45, 2.75) is 18.9 Å². The van der Waals surface area contributed by atoms with Crippen LogP contribution in [0.5, 0.6) is 0 Å². The fourth-order valence-electron chi connectivity index (χ4n) is 1.74. The third-order valence-electron chi connectivity index (χ3n) is 2.81. The van der Waals surface area contributed by atoms with Gasteiger partial charge >= 0.3 is 0 Å². The molecular weight excluding hydrogens is 240 g/mol. The zero-order valence-corrected chi connectivity index (χ0v) is 10.0. The van der Waals surface area contributed by atoms with Crippen molar-refractivity contribution in [1.82, 2.24) is 5.32 Å². The van der Waals surface area contributed by atoms with E-state index < -0.39 is 11.6 Å². The number of anilines is 2. The maximum Gasteiger partial charge on any atom is 0.239 e. The molecule has 1 aromatic carbocycles. The monoisotopic (exact) mass is 255 g/mol. The minimum atomic E-state index is -1.03. The minimum Gasteiger partial charge on any atom is -0.397 e. The zero-order chi connectivity index (χ0) is 13.3. The van der Waals surface area contributed by atoms with Gasteiger partial charge in [0, 0.05) is 13.1 Å². The van der Waals surface area contributed by atoms with Gasteiger partial charge in [0.1, 0.15) is 0 Å². The van der Waals surface area contributed by atoms with E-state index in [0.717, 1.165) is 18.9 Å². The lowest BCUT2D eigenvalue weighted by atomic mass is 10.2. The molecule has 1 aliphatic carbocycles. The van der Waals surface area contributed by atoms with Crippen LogP contribution in [0.4, 0.5) is 20.2 Å². The predicted octanol–water partition coefficient (Wildman–Crippen LogP) is 1.26. The Morgan fingerprint density at radius 1 is 1.50 bits per heavy atom. The summed E-state index contributed by atoms with van der Waals surface area (Å²) in [6.07, 6.45) is 1.96. The van der Waals surface area contributed by atoms with Gasteiger partial charge in [0.05, 0.1) is 17.9 Å². The van der Waals surface area contributed by atoms with E-state index >= 15 is 0 Å². The Hall–Kier alpha value is -1.85. The summed E-state index contributed by atoms with van der Waals surface area (Å²) in [5, 5.41) is 2.77. The molecule has 0 bridgehead atoms. The molecular formula is C12H15F2N3O. The van der Waals surface area contributed by atoms with Crippen molar-refractivity contribution in [1.29, 1.82) is 0 Å². The highest BCUT2D eigenvalue weighted by Gasteiger charge is 2.24. The number of rotatable bonds is 4. The van der Waals surface area contributed by atoms with Gasteiger partial charge in [-0.1, -0.05) is 0 Å². The van der Waals surface area contributed by atoms with Gasteiger partial charge in [0.15, 0.2) is 11.6 Å². The van der Waals surface area contributed by atoms with Gasteiger partial charge in [-0.3, -0.25) is 4.79 Å². The van der Waals surface area contributed by atoms with Crippen LogP contribution >= 0.6 is 0 Å². The highest BCUT2D eigenvalue weighted by atomic mass is 19.2. The van der Waals surface area contributed by atoms with E-state index in [1.165, 1.54) is 18.0 Å². The molecule has 1 aromatic rings. The Labute approximate surface area is 104 Å². The summed E-state index contributed by atoms with van der Waals surface area (Å²) < 4.78 is 26.7. The van der Waals surface area contributed by atoms with E-state index in [2.05, 4.69) is 5.32 Å². The van der Waals surface area contributed by atoms with Gasteiger partial charge in [0.2, 0.25) is 5.91 Å². The Balaban J connectivity index is 2.09. The summed E-state index contributed by atoms with van der Waals surface area (Å²) in [5.74, 6) is -2.23. The number of nitrogen functional groups attached to an aromatic ring is 1. The summed E-state index contributed by atoms with van der Waals surface area (Å²) in [4.78, 5) is 12.9. The molecule has 0 unspecified atom stereocenters. The Morgan fingerprint density at radius 3 is 2.78 bits per heavy atom. The van der Waals surface area contributed by atoms with Crippen LogP contribution in [0.2, 0.25) is 0 Å². The van der Waals surface area contributed by atoms with Crippen LogP contribution in [-0.4, -0.2) is 25.5 Å². The van der Waals surface area contributed by atoms with E-state index in [4.69, 9.17) is 5.73 Å². The molecule has 1 saturated carbocycles. The molecule has 0 heterocycles. The molecule has 0 atom stereocenters. The fraction of sp³-hybridized carbons (Fsp3) is 0.417. The van der Waals surface area contributed by atoms with Crippen LogP contribution < -0.4 is 16.0 Å². The molecule has 1 amide bonds. The fourth-order valence-corrected chi connectivity index (χ4v) is 1.74. The summed E-state index contributed by atoms with van der Waals surface area (Å²) in [7, 11) is 1.50. The summed E-state index contributed by atoms with van der Waals surface area (Å²) in [6.45, 7) is -0.0545. The SMILES string of the molecule is CN(CC(=O)NC1CC1)c1c(N)ccc(F)c1F. The number of benzene rings is 1. The smallest absolute Gasteiger partial charge is 0.239 e. The van der Waals surface area contributed by atoms with Crippen molar-refractivity contribution >= 4 is 17.3 Å². The van der Waals surface area contributed by atoms with Crippen molar-refractivity contribution in [2.75, 3.05) is 24.2 Å². The zero-order valence-electron chi connectivity index (χ0n) is 10.0. The standard InChI is InChI=1S/C12H15F2N3O/c1-17(6-10(18)16-7-2-3-7)12-9(15)5-4-8(13)11(12)14/h4-5,7H,2-3,6,15H2,1H3,(H,16,18). The maximum atomic E-state index is 13.6. The number of nitrogens with one attached hydrogen (secondary N) is 1. The third-order valence-corrected chi connectivity index (χ3v) is 2.81. The lowest BCUT2D eigenvalue weighted by Gasteiger charge is -2.21. The molecule has 1 fully saturated rings. The molecule has 0 radical (unpaired) electrons. The van der Waals surface area contributed by atoms with E-state index in [-0.39, 0.29) is 29.9 Å². The minimum absolute atomic E-state index is 0.0545. The van der Waals surface area contributed by atoms with Crippen molar-refractivity contribution < 1.29 is 13.6 Å². The topological polar surface area (TPSA) is 58.4 Å². The van der Waals surface area contributed by atoms with Gasteiger partial charge < -0.3 is 16.0 Å². The number of nitrogens with zero attached hydrogens (tertiary/aromatic N) is 1. The van der Waals surface area contributed by atoms with Crippen LogP contribution in [0.1, 0.15) is 12.8 Å². The van der Waals surface area contributed by atoms with E-state index in [1.807, 2.05) is 0 Å². The molecule has 6 heteroatoms. The van der Waals surface area contributed by atoms with E-state index in [0.29, 0.717) is 0 Å². The first kappa shape index (κ1) is 12.6. The van der Waals surface area contributed by atoms with Crippen LogP contribution in [0.15, 0.2) is 12.1 Å². The second kappa shape index (κ2) is 4.80. The molecule has 0 aromatic heterocycles. The van der Waals surface area contributed by atoms with Gasteiger partial charge in [-0.25, -0.2) is 8.78 Å². The van der Waals surface area contributed by atoms with Crippen LogP contribution in [0, 0.1) is 11.6 Å². The van der Waals surface area contributed by atoms with Crippen molar-refractivity contribution in [3.05, 3.63) is 23.8 Å². The largest absolute Gasteiger partial charge is 0.397 e. The molecule has 0 aliphatic heterocycles. The van der Waals surface area contributed by atoms with Crippen LogP contribution in [0.3, 0.4) is 0 Å². The number of carbonyl (C=O) groups is 1. The van der Waals surface area contributed by atoms with Gasteiger partial charge in [-0.15, -0.1) is 0 Å². The summed E-state index contributed by atoms with van der Waals surface area (Å²) in [6, 6.07) is 2.48. The highest BCUT2D eigenvalue weighted by Crippen LogP contribution is 2.27. The average molecular weight is 255 g/mol. The normalized spacial score (nSPS) is 14.4. The number of likely N-dealkylation sites (N-methyl/N-ethyl adjacent to an activating group) is 1. The van der Waals surface area contributed by atoms with Crippen LogP contribution in [-0.2, 0) is 4.79 Å². The molecule has 2 rings (SSSR count). The Kier molecular flexibility index (Phi) is 3.36. The number of nitrogens with two attached hydrogens (primary N) is 1. The second-order valence-electron chi connectivity index (χ2n) is 4.50. The maximum absolute atomic E-state index is 13.6. The number of amides is 1. The number of hydrogen-bond donors (Lipinski definition) is 2. The second-order valence-corrected chi connectivity index (χ2v) is 4.50. The summed E-state index contributed by atoms with van der Waals surface area (Å²) in [5.41, 5.74) is 5.63. The summed E-state index contributed by atoms with van der Waals surface area (Å²) >= 11 is 0. The van der Waals surface area contributed by atoms with Crippen molar-refractivity contribution in [3.8, 4) is 0 Å². The van der Waals surface area contributed by atoms with Gasteiger partial charge in [0.25, 0.3) is 0 Å². The highest BCUT2D eigenvalue weighted by molar-refractivity contribution is 5.83. The molecule has 1 aliphatic rings. The quantitative estimate of drug-likeness (QED) is 0.796. The molecule has 98 valence electrons. The molecule has 0 spiro atoms. The lowest BCUT2D eigenvalue weighted by molar-refractivity contribution is -0.119. The van der Waals surface area contributed by atoms with Gasteiger partial charge in [-0.05, 0) is 25.0 Å². The predicted molar refractivity (Wildman–Crippen MR) is 65.2 cm³/mol. The van der Waals surface area contributed by atoms with Crippen molar-refractivity contribution in [2.24, 2.45) is 0 Å². The van der Waals surface area contributed by atoms with E-state index in [1.54, 1.807) is 0 Å². The third kappa shape index (κ3) is 2.69. The Bertz CT molecular complexity index is 475. The Morgan fingerprint density at radius 2 is 2.17 bits per heavy atom. The first-order chi connectivity index (χ1) is 8.49. The van der Waals surface area contributed by atoms with Crippen molar-refractivity contribution in [3.63, 3.8) is 0 Å². The number of halogens is 2. The van der Waals surface area contributed by atoms with E-state index in [9.17, 15) is 13.6 Å². The molecule has 3 N–H and O–H groups in total. The van der Waals surface area contributed by atoms with Gasteiger partial charge in [-0.2, -0.15) is 0 Å². The molecule has 4 nitrogen and oxygen atoms in total. The molecule has 18 heavy (non-hydrogen) atoms. The first-order valence-electron chi connectivity index (χ1n) is 5.73. The first-order valence-corrected chi connectivity index (χ1v) is 5.73. The van der Waals surface area contributed by atoms with Crippen LogP contribution in [0.25, 0.3) is 0 Å². The lowest BCUT2D eigenvalue weighted by Crippen LogP contribution is -2.36. The molecule has 0 saturated heterocycles. The average Bonchev–Trinajstić information content (AvgIpc) is 3.07. The number of hydrogen-bond acceptors (Lipinski definition) is 3.